The average Bonchev–Trinajstić information content (AvgIpc) is 3.33. The lowest BCUT2D eigenvalue weighted by atomic mass is 10.0. The van der Waals surface area contributed by atoms with Gasteiger partial charge in [-0.3, -0.25) is 0 Å². The summed E-state index contributed by atoms with van der Waals surface area (Å²) in [4.78, 5) is 22.7. The van der Waals surface area contributed by atoms with Crippen LogP contribution < -0.4 is 10.6 Å². The highest BCUT2D eigenvalue weighted by atomic mass is 32.5. The molecule has 0 aromatic heterocycles. The Kier molecular flexibility index (Phi) is 20.4. The molecule has 5 atom stereocenters. The predicted molar refractivity (Wildman–Crippen MR) is 183 cm³/mol. The molecule has 2 unspecified atom stereocenters. The second-order valence-electron chi connectivity index (χ2n) is 11.5. The largest absolute Gasteiger partial charge is 0.508 e. The van der Waals surface area contributed by atoms with E-state index in [0.29, 0.717) is 11.5 Å². The van der Waals surface area contributed by atoms with Crippen molar-refractivity contribution in [3.8, 4) is 0 Å². The standard InChI is InChI=1S/C32H55N2O7PS2/c1-4-5-6-7-8-9-10-11-12-13-14-15-19-22-33-31(43)34-28-23-27(29(30(28)37-2)41-42(36,44)38-3)25-40-32(35)39-24-26-20-17-16-18-21-26/h16-18,20-21,27-30H,4-15,19,22-25H2,1-3H3,(H,36,44)(H2,33,34,43)/t27-,28+,29?,30-,42?/m1/s1. The van der Waals surface area contributed by atoms with Crippen LogP contribution in [0.1, 0.15) is 102 Å². The van der Waals surface area contributed by atoms with Gasteiger partial charge < -0.3 is 38.8 Å². The highest BCUT2D eigenvalue weighted by Crippen LogP contribution is 2.48. The highest BCUT2D eigenvalue weighted by molar-refractivity contribution is 8.07. The molecule has 0 spiro atoms. The quantitative estimate of drug-likeness (QED) is 0.0464. The van der Waals surface area contributed by atoms with E-state index in [0.717, 1.165) is 18.5 Å². The summed E-state index contributed by atoms with van der Waals surface area (Å²) in [6, 6.07) is 9.11. The van der Waals surface area contributed by atoms with Crippen LogP contribution in [-0.2, 0) is 41.7 Å². The third-order valence-corrected chi connectivity index (χ3v) is 9.94. The molecule has 9 nitrogen and oxygen atoms in total. The zero-order valence-corrected chi connectivity index (χ0v) is 29.4. The van der Waals surface area contributed by atoms with E-state index in [4.69, 9.17) is 47.3 Å². The molecule has 44 heavy (non-hydrogen) atoms. The van der Waals surface area contributed by atoms with Crippen molar-refractivity contribution in [3.63, 3.8) is 0 Å². The summed E-state index contributed by atoms with van der Waals surface area (Å²) in [5.41, 5.74) is 0.858. The molecule has 0 bridgehead atoms. The molecule has 0 aliphatic heterocycles. The van der Waals surface area contributed by atoms with Crippen molar-refractivity contribution in [1.82, 2.24) is 10.6 Å². The van der Waals surface area contributed by atoms with Gasteiger partial charge in [-0.1, -0.05) is 114 Å². The Morgan fingerprint density at radius 3 is 2.07 bits per heavy atom. The Bertz CT molecular complexity index is 975. The summed E-state index contributed by atoms with van der Waals surface area (Å²) in [5, 5.41) is 7.14. The van der Waals surface area contributed by atoms with Crippen LogP contribution in [0.2, 0.25) is 0 Å². The third-order valence-electron chi connectivity index (χ3n) is 8.00. The van der Waals surface area contributed by atoms with Gasteiger partial charge in [0.25, 0.3) is 0 Å². The molecule has 1 aromatic rings. The summed E-state index contributed by atoms with van der Waals surface area (Å²) in [6.07, 6.45) is 15.6. The number of hydrogen-bond acceptors (Lipinski definition) is 8. The number of hydrogen-bond donors (Lipinski definition) is 3. The summed E-state index contributed by atoms with van der Waals surface area (Å²) in [6.45, 7) is -0.360. The van der Waals surface area contributed by atoms with Crippen LogP contribution in [0.3, 0.4) is 0 Å². The first-order valence-electron chi connectivity index (χ1n) is 16.3. The van der Waals surface area contributed by atoms with Crippen LogP contribution in [0.5, 0.6) is 0 Å². The molecule has 252 valence electrons. The first-order chi connectivity index (χ1) is 21.3. The first-order valence-corrected chi connectivity index (χ1v) is 19.3. The van der Waals surface area contributed by atoms with Gasteiger partial charge >= 0.3 is 12.9 Å². The molecule has 1 saturated carbocycles. The number of methoxy groups -OCH3 is 1. The molecule has 1 aromatic carbocycles. The topological polar surface area (TPSA) is 108 Å². The number of nitrogens with one attached hydrogen (secondary N) is 2. The molecule has 0 radical (unpaired) electrons. The number of carbonyl (C=O) groups excluding carboxylic acids is 1. The maximum atomic E-state index is 12.3. The van der Waals surface area contributed by atoms with Crippen LogP contribution in [0, 0.1) is 5.92 Å². The van der Waals surface area contributed by atoms with Gasteiger partial charge in [0.1, 0.15) is 25.4 Å². The smallest absolute Gasteiger partial charge is 0.434 e. The molecule has 3 N–H and O–H groups in total. The van der Waals surface area contributed by atoms with Gasteiger partial charge in [-0.2, -0.15) is 0 Å². The van der Waals surface area contributed by atoms with Gasteiger partial charge in [0.2, 0.25) is 0 Å². The second kappa shape index (κ2) is 23.1. The highest BCUT2D eigenvalue weighted by Gasteiger charge is 2.47. The van der Waals surface area contributed by atoms with E-state index in [1.807, 2.05) is 30.3 Å². The SMILES string of the molecule is CCCCCCCCCCCCCCCNC(=S)N[C@H]1C[C@H](COC(=O)OCc2ccccc2)C(OP(O)(=S)OC)[C@@H]1OC. The lowest BCUT2D eigenvalue weighted by molar-refractivity contribution is -0.0251. The molecule has 12 heteroatoms. The Morgan fingerprint density at radius 2 is 1.50 bits per heavy atom. The average molecular weight is 675 g/mol. The van der Waals surface area contributed by atoms with E-state index in [-0.39, 0.29) is 25.2 Å². The fraction of sp³-hybridized carbons (Fsp3) is 0.750. The van der Waals surface area contributed by atoms with Gasteiger partial charge in [0.15, 0.2) is 5.11 Å². The van der Waals surface area contributed by atoms with E-state index in [1.54, 1.807) is 7.11 Å². The van der Waals surface area contributed by atoms with Crippen LogP contribution in [-0.4, -0.2) is 61.8 Å². The molecule has 0 heterocycles. The normalized spacial score (nSPS) is 21.0. The molecule has 1 aliphatic carbocycles. The predicted octanol–water partition coefficient (Wildman–Crippen LogP) is 7.55. The van der Waals surface area contributed by atoms with E-state index in [1.165, 1.54) is 84.2 Å². The van der Waals surface area contributed by atoms with Crippen molar-refractivity contribution in [2.45, 2.75) is 122 Å². The van der Waals surface area contributed by atoms with Gasteiger partial charge in [0, 0.05) is 26.7 Å². The zero-order chi connectivity index (χ0) is 32.0. The lowest BCUT2D eigenvalue weighted by Crippen LogP contribution is -2.48. The van der Waals surface area contributed by atoms with Crippen molar-refractivity contribution < 1.29 is 32.9 Å². The van der Waals surface area contributed by atoms with Crippen molar-refractivity contribution in [3.05, 3.63) is 35.9 Å². The van der Waals surface area contributed by atoms with Crippen molar-refractivity contribution in [2.75, 3.05) is 27.4 Å². The number of rotatable bonds is 23. The summed E-state index contributed by atoms with van der Waals surface area (Å²) >= 11 is 10.7. The van der Waals surface area contributed by atoms with Gasteiger partial charge in [-0.15, -0.1) is 0 Å². The van der Waals surface area contributed by atoms with E-state index >= 15 is 0 Å². The Balaban J connectivity index is 1.71. The maximum Gasteiger partial charge on any atom is 0.508 e. The summed E-state index contributed by atoms with van der Waals surface area (Å²) in [7, 11) is 2.86. The fourth-order valence-electron chi connectivity index (χ4n) is 5.53. The molecular weight excluding hydrogens is 619 g/mol. The molecule has 2 rings (SSSR count). The second-order valence-corrected chi connectivity index (χ2v) is 14.8. The van der Waals surface area contributed by atoms with Gasteiger partial charge in [0.05, 0.1) is 6.04 Å². The van der Waals surface area contributed by atoms with Crippen LogP contribution in [0.25, 0.3) is 0 Å². The zero-order valence-electron chi connectivity index (χ0n) is 26.9. The van der Waals surface area contributed by atoms with Gasteiger partial charge in [-0.25, -0.2) is 4.79 Å². The first kappa shape index (κ1) is 38.9. The number of ether oxygens (including phenoxy) is 3. The minimum absolute atomic E-state index is 0.00543. The minimum atomic E-state index is -3.51. The summed E-state index contributed by atoms with van der Waals surface area (Å²) in [5.74, 6) is -0.338. The molecule has 0 saturated heterocycles. The molecule has 1 fully saturated rings. The lowest BCUT2D eigenvalue weighted by Gasteiger charge is -2.28. The molecule has 1 aliphatic rings. The minimum Gasteiger partial charge on any atom is -0.434 e. The molecular formula is C32H55N2O7PS2. The van der Waals surface area contributed by atoms with Crippen LogP contribution in [0.15, 0.2) is 30.3 Å². The van der Waals surface area contributed by atoms with E-state index in [2.05, 4.69) is 17.6 Å². The van der Waals surface area contributed by atoms with Gasteiger partial charge in [-0.05, 0) is 42.4 Å². The third kappa shape index (κ3) is 16.3. The number of thiocarbonyl (C=S) groups is 1. The van der Waals surface area contributed by atoms with Crippen molar-refractivity contribution in [1.29, 1.82) is 0 Å². The Labute approximate surface area is 275 Å². The fourth-order valence-corrected chi connectivity index (χ4v) is 6.77. The molecule has 0 amide bonds. The maximum absolute atomic E-state index is 12.3. The number of benzene rings is 1. The monoisotopic (exact) mass is 674 g/mol. The van der Waals surface area contributed by atoms with E-state index in [9.17, 15) is 9.69 Å². The summed E-state index contributed by atoms with van der Waals surface area (Å²) < 4.78 is 27.2. The Morgan fingerprint density at radius 1 is 0.909 bits per heavy atom. The number of unbranched alkanes of at least 4 members (excludes halogenated alkanes) is 12. The van der Waals surface area contributed by atoms with Crippen molar-refractivity contribution in [2.24, 2.45) is 5.92 Å². The van der Waals surface area contributed by atoms with Crippen molar-refractivity contribution >= 4 is 42.0 Å². The van der Waals surface area contributed by atoms with Crippen LogP contribution in [0.4, 0.5) is 4.79 Å². The van der Waals surface area contributed by atoms with Crippen LogP contribution >= 0.6 is 18.9 Å². The van der Waals surface area contributed by atoms with E-state index < -0.39 is 25.1 Å². The Hall–Kier alpha value is -1.33. The number of carbonyl (C=O) groups is 1.